The Labute approximate surface area is 162 Å². The molecule has 0 aliphatic heterocycles. The molecule has 0 heterocycles. The molecular formula is C15H10Cl4N2O4. The molecule has 1 N–H and O–H groups in total. The lowest BCUT2D eigenvalue weighted by Gasteiger charge is -2.12. The first-order valence-electron chi connectivity index (χ1n) is 6.71. The van der Waals surface area contributed by atoms with Crippen LogP contribution in [-0.4, -0.2) is 17.4 Å². The van der Waals surface area contributed by atoms with E-state index >= 15 is 0 Å². The molecule has 0 fully saturated rings. The van der Waals surface area contributed by atoms with Crippen molar-refractivity contribution in [3.8, 4) is 5.75 Å². The van der Waals surface area contributed by atoms with Crippen molar-refractivity contribution in [3.05, 3.63) is 60.0 Å². The van der Waals surface area contributed by atoms with Crippen molar-refractivity contribution < 1.29 is 14.5 Å². The molecule has 0 spiro atoms. The summed E-state index contributed by atoms with van der Waals surface area (Å²) >= 11 is 23.8. The normalized spacial score (nSPS) is 10.4. The van der Waals surface area contributed by atoms with Crippen molar-refractivity contribution in [1.29, 1.82) is 0 Å². The number of nitrogens with zero attached hydrogens (tertiary/aromatic N) is 1. The van der Waals surface area contributed by atoms with Crippen LogP contribution in [0.4, 0.5) is 11.4 Å². The average molecular weight is 424 g/mol. The molecule has 25 heavy (non-hydrogen) atoms. The predicted octanol–water partition coefficient (Wildman–Crippen LogP) is 5.53. The fraction of sp³-hybridized carbons (Fsp3) is 0.133. The minimum absolute atomic E-state index is 0.0194. The molecule has 1 amide bonds. The van der Waals surface area contributed by atoms with Crippen LogP contribution >= 0.6 is 46.4 Å². The van der Waals surface area contributed by atoms with E-state index in [1.54, 1.807) is 13.0 Å². The van der Waals surface area contributed by atoms with Crippen molar-refractivity contribution in [1.82, 2.24) is 0 Å². The maximum absolute atomic E-state index is 12.1. The number of nitro benzene ring substituents is 1. The van der Waals surface area contributed by atoms with Gasteiger partial charge in [0.2, 0.25) is 0 Å². The standard InChI is InChI=1S/C15H10Cl4N2O4/c1-7-2-3-10(21(23)24)11(4-7)25-6-12(22)20-15-13(18)8(16)5-9(17)14(15)19/h2-5H,6H2,1H3,(H,20,22). The van der Waals surface area contributed by atoms with Crippen LogP contribution in [0.1, 0.15) is 5.56 Å². The number of benzene rings is 2. The van der Waals surface area contributed by atoms with Crippen LogP contribution in [0.5, 0.6) is 5.75 Å². The molecule has 0 saturated carbocycles. The van der Waals surface area contributed by atoms with Gasteiger partial charge in [0.15, 0.2) is 12.4 Å². The Bertz CT molecular complexity index is 832. The molecule has 6 nitrogen and oxygen atoms in total. The third-order valence-electron chi connectivity index (χ3n) is 3.05. The van der Waals surface area contributed by atoms with E-state index in [0.717, 1.165) is 5.56 Å². The summed E-state index contributed by atoms with van der Waals surface area (Å²) in [5.74, 6) is -0.667. The van der Waals surface area contributed by atoms with Crippen LogP contribution in [0, 0.1) is 17.0 Å². The number of nitro groups is 1. The van der Waals surface area contributed by atoms with E-state index in [1.807, 2.05) is 0 Å². The number of aryl methyl sites for hydroxylation is 1. The first kappa shape index (κ1) is 19.6. The number of hydrogen-bond acceptors (Lipinski definition) is 4. The fourth-order valence-corrected chi connectivity index (χ4v) is 2.79. The Kier molecular flexibility index (Phi) is 6.35. The van der Waals surface area contributed by atoms with Crippen molar-refractivity contribution in [2.24, 2.45) is 0 Å². The third kappa shape index (κ3) is 4.67. The van der Waals surface area contributed by atoms with Crippen LogP contribution in [0.3, 0.4) is 0 Å². The zero-order valence-electron chi connectivity index (χ0n) is 12.6. The summed E-state index contributed by atoms with van der Waals surface area (Å²) in [6.07, 6.45) is 0. The Morgan fingerprint density at radius 1 is 1.16 bits per heavy atom. The second-order valence-corrected chi connectivity index (χ2v) is 6.48. The van der Waals surface area contributed by atoms with Gasteiger partial charge >= 0.3 is 5.69 Å². The van der Waals surface area contributed by atoms with Gasteiger partial charge in [-0.1, -0.05) is 52.5 Å². The molecule has 0 aromatic heterocycles. The minimum Gasteiger partial charge on any atom is -0.477 e. The monoisotopic (exact) mass is 422 g/mol. The summed E-state index contributed by atoms with van der Waals surface area (Å²) in [5.41, 5.74) is 0.530. The molecule has 2 rings (SSSR count). The highest BCUT2D eigenvalue weighted by Gasteiger charge is 2.19. The number of anilines is 1. The van der Waals surface area contributed by atoms with Crippen LogP contribution in [0.25, 0.3) is 0 Å². The molecule has 132 valence electrons. The highest BCUT2D eigenvalue weighted by Crippen LogP contribution is 2.41. The summed E-state index contributed by atoms with van der Waals surface area (Å²) in [4.78, 5) is 22.5. The van der Waals surface area contributed by atoms with E-state index in [1.165, 1.54) is 18.2 Å². The minimum atomic E-state index is -0.641. The Hall–Kier alpha value is -1.73. The third-order valence-corrected chi connectivity index (χ3v) is 4.62. The molecule has 0 unspecified atom stereocenters. The van der Waals surface area contributed by atoms with Crippen molar-refractivity contribution in [3.63, 3.8) is 0 Å². The first-order valence-corrected chi connectivity index (χ1v) is 8.22. The average Bonchev–Trinajstić information content (AvgIpc) is 2.55. The zero-order chi connectivity index (χ0) is 18.7. The van der Waals surface area contributed by atoms with Gasteiger partial charge in [-0.2, -0.15) is 0 Å². The zero-order valence-corrected chi connectivity index (χ0v) is 15.6. The van der Waals surface area contributed by atoms with E-state index in [0.29, 0.717) is 0 Å². The van der Waals surface area contributed by atoms with Gasteiger partial charge in [-0.25, -0.2) is 0 Å². The smallest absolute Gasteiger partial charge is 0.310 e. The van der Waals surface area contributed by atoms with Crippen molar-refractivity contribution >= 4 is 63.7 Å². The van der Waals surface area contributed by atoms with Gasteiger partial charge < -0.3 is 10.1 Å². The Morgan fingerprint density at radius 3 is 2.32 bits per heavy atom. The highest BCUT2D eigenvalue weighted by molar-refractivity contribution is 6.50. The lowest BCUT2D eigenvalue weighted by Crippen LogP contribution is -2.21. The topological polar surface area (TPSA) is 81.5 Å². The summed E-state index contributed by atoms with van der Waals surface area (Å²) in [6, 6.07) is 5.67. The molecule has 0 aliphatic rings. The van der Waals surface area contributed by atoms with Crippen LogP contribution in [0.15, 0.2) is 24.3 Å². The highest BCUT2D eigenvalue weighted by atomic mass is 35.5. The summed E-state index contributed by atoms with van der Waals surface area (Å²) in [7, 11) is 0. The SMILES string of the molecule is Cc1ccc([N+](=O)[O-])c(OCC(=O)Nc2c(Cl)c(Cl)cc(Cl)c2Cl)c1. The van der Waals surface area contributed by atoms with Crippen molar-refractivity contribution in [2.45, 2.75) is 6.92 Å². The number of nitrogens with one attached hydrogen (secondary N) is 1. The predicted molar refractivity (Wildman–Crippen MR) is 98.4 cm³/mol. The lowest BCUT2D eigenvalue weighted by molar-refractivity contribution is -0.385. The second-order valence-electron chi connectivity index (χ2n) is 4.91. The molecular weight excluding hydrogens is 414 g/mol. The van der Waals surface area contributed by atoms with Gasteiger partial charge in [-0.3, -0.25) is 14.9 Å². The molecule has 2 aromatic rings. The number of halogens is 4. The second kappa shape index (κ2) is 8.10. The molecule has 0 aliphatic carbocycles. The van der Waals surface area contributed by atoms with Gasteiger partial charge in [0, 0.05) is 6.07 Å². The van der Waals surface area contributed by atoms with E-state index in [2.05, 4.69) is 5.32 Å². The number of carbonyl (C=O) groups excluding carboxylic acids is 1. The molecule has 10 heteroatoms. The molecule has 0 bridgehead atoms. The van der Waals surface area contributed by atoms with Gasteiger partial charge in [-0.05, 0) is 24.6 Å². The van der Waals surface area contributed by atoms with Crippen LogP contribution < -0.4 is 10.1 Å². The van der Waals surface area contributed by atoms with Gasteiger partial charge in [-0.15, -0.1) is 0 Å². The van der Waals surface area contributed by atoms with Crippen molar-refractivity contribution in [2.75, 3.05) is 11.9 Å². The molecule has 0 atom stereocenters. The maximum Gasteiger partial charge on any atom is 0.310 e. The van der Waals surface area contributed by atoms with E-state index in [4.69, 9.17) is 51.1 Å². The van der Waals surface area contributed by atoms with Crippen LogP contribution in [0.2, 0.25) is 20.1 Å². The van der Waals surface area contributed by atoms with Gasteiger partial charge in [0.25, 0.3) is 5.91 Å². The summed E-state index contributed by atoms with van der Waals surface area (Å²) < 4.78 is 5.25. The van der Waals surface area contributed by atoms with E-state index < -0.39 is 17.4 Å². The largest absolute Gasteiger partial charge is 0.477 e. The quantitative estimate of drug-likeness (QED) is 0.389. The number of amides is 1. The Morgan fingerprint density at radius 2 is 1.76 bits per heavy atom. The fourth-order valence-electron chi connectivity index (χ4n) is 1.89. The molecule has 0 saturated heterocycles. The number of hydrogen-bond donors (Lipinski definition) is 1. The summed E-state index contributed by atoms with van der Waals surface area (Å²) in [5, 5.41) is 13.7. The number of carbonyl (C=O) groups is 1. The van der Waals surface area contributed by atoms with Gasteiger partial charge in [0.1, 0.15) is 0 Å². The van der Waals surface area contributed by atoms with E-state index in [-0.39, 0.29) is 37.2 Å². The van der Waals surface area contributed by atoms with Gasteiger partial charge in [0.05, 0.1) is 30.7 Å². The molecule has 2 aromatic carbocycles. The number of ether oxygens (including phenoxy) is 1. The number of rotatable bonds is 5. The van der Waals surface area contributed by atoms with E-state index in [9.17, 15) is 14.9 Å². The maximum atomic E-state index is 12.1. The summed E-state index contributed by atoms with van der Waals surface area (Å²) in [6.45, 7) is 1.24. The van der Waals surface area contributed by atoms with Crippen LogP contribution in [-0.2, 0) is 4.79 Å². The lowest BCUT2D eigenvalue weighted by atomic mass is 10.2. The molecule has 0 radical (unpaired) electrons. The Balaban J connectivity index is 2.15. The first-order chi connectivity index (χ1) is 11.7.